The van der Waals surface area contributed by atoms with E-state index in [0.717, 1.165) is 10.2 Å². The maximum atomic E-state index is 12.2. The SMILES string of the molecule is CSCC(C)N(C)C(=O)c1cc(Br)ccc1N. The number of carbonyl (C=O) groups excluding carboxylic acids is 1. The topological polar surface area (TPSA) is 46.3 Å². The standard InChI is InChI=1S/C12H17BrN2OS/c1-8(7-17-3)15(2)12(16)10-6-9(13)4-5-11(10)14/h4-6,8H,7,14H2,1-3H3. The van der Waals surface area contributed by atoms with E-state index in [4.69, 9.17) is 5.73 Å². The van der Waals surface area contributed by atoms with Gasteiger partial charge < -0.3 is 10.6 Å². The van der Waals surface area contributed by atoms with Crippen molar-refractivity contribution in [3.05, 3.63) is 28.2 Å². The van der Waals surface area contributed by atoms with Crippen LogP contribution in [0.1, 0.15) is 17.3 Å². The highest BCUT2D eigenvalue weighted by Crippen LogP contribution is 2.20. The Hall–Kier alpha value is -0.680. The molecular formula is C12H17BrN2OS. The number of anilines is 1. The smallest absolute Gasteiger partial charge is 0.255 e. The van der Waals surface area contributed by atoms with Gasteiger partial charge in [-0.3, -0.25) is 4.79 Å². The molecule has 17 heavy (non-hydrogen) atoms. The van der Waals surface area contributed by atoms with Crippen molar-refractivity contribution in [1.82, 2.24) is 4.90 Å². The monoisotopic (exact) mass is 316 g/mol. The summed E-state index contributed by atoms with van der Waals surface area (Å²) in [6.07, 6.45) is 2.03. The lowest BCUT2D eigenvalue weighted by atomic mass is 10.1. The lowest BCUT2D eigenvalue weighted by Crippen LogP contribution is -2.36. The second-order valence-corrected chi connectivity index (χ2v) is 5.78. The summed E-state index contributed by atoms with van der Waals surface area (Å²) in [5, 5.41) is 0. The summed E-state index contributed by atoms with van der Waals surface area (Å²) in [5.74, 6) is 0.876. The van der Waals surface area contributed by atoms with Crippen molar-refractivity contribution in [3.63, 3.8) is 0 Å². The van der Waals surface area contributed by atoms with Crippen LogP contribution in [0.2, 0.25) is 0 Å². The molecule has 0 aromatic heterocycles. The van der Waals surface area contributed by atoms with Crippen LogP contribution in [0.5, 0.6) is 0 Å². The average Bonchev–Trinajstić information content (AvgIpc) is 2.30. The molecule has 1 unspecified atom stereocenters. The molecule has 2 N–H and O–H groups in total. The van der Waals surface area contributed by atoms with Gasteiger partial charge in [0.2, 0.25) is 0 Å². The molecule has 0 aliphatic rings. The van der Waals surface area contributed by atoms with Gasteiger partial charge in [0.25, 0.3) is 5.91 Å². The third kappa shape index (κ3) is 3.64. The first kappa shape index (κ1) is 14.4. The number of thioether (sulfide) groups is 1. The highest BCUT2D eigenvalue weighted by molar-refractivity contribution is 9.10. The molecule has 0 saturated heterocycles. The molecule has 1 atom stereocenters. The maximum absolute atomic E-state index is 12.2. The third-order valence-electron chi connectivity index (χ3n) is 2.64. The molecule has 0 radical (unpaired) electrons. The van der Waals surface area contributed by atoms with Crippen LogP contribution < -0.4 is 5.73 Å². The highest BCUT2D eigenvalue weighted by atomic mass is 79.9. The highest BCUT2D eigenvalue weighted by Gasteiger charge is 2.19. The number of hydrogen-bond donors (Lipinski definition) is 1. The Morgan fingerprint density at radius 1 is 1.59 bits per heavy atom. The van der Waals surface area contributed by atoms with Gasteiger partial charge in [-0.2, -0.15) is 11.8 Å². The first-order valence-corrected chi connectivity index (χ1v) is 7.47. The van der Waals surface area contributed by atoms with Crippen LogP contribution in [-0.2, 0) is 0 Å². The Balaban J connectivity index is 2.92. The van der Waals surface area contributed by atoms with Crippen molar-refractivity contribution in [1.29, 1.82) is 0 Å². The van der Waals surface area contributed by atoms with E-state index >= 15 is 0 Å². The van der Waals surface area contributed by atoms with Crippen LogP contribution in [0, 0.1) is 0 Å². The molecule has 5 heteroatoms. The van der Waals surface area contributed by atoms with E-state index in [0.29, 0.717) is 11.3 Å². The summed E-state index contributed by atoms with van der Waals surface area (Å²) >= 11 is 5.07. The second-order valence-electron chi connectivity index (χ2n) is 3.95. The summed E-state index contributed by atoms with van der Waals surface area (Å²) in [6, 6.07) is 5.53. The Bertz CT molecular complexity index is 411. The molecule has 1 aromatic rings. The van der Waals surface area contributed by atoms with E-state index in [1.807, 2.05) is 26.3 Å². The van der Waals surface area contributed by atoms with Crippen LogP contribution in [0.4, 0.5) is 5.69 Å². The zero-order valence-corrected chi connectivity index (χ0v) is 12.6. The van der Waals surface area contributed by atoms with E-state index < -0.39 is 0 Å². The van der Waals surface area contributed by atoms with E-state index in [1.54, 1.807) is 28.8 Å². The molecule has 0 fully saturated rings. The van der Waals surface area contributed by atoms with Gasteiger partial charge in [-0.15, -0.1) is 0 Å². The molecule has 94 valence electrons. The first-order chi connectivity index (χ1) is 7.97. The quantitative estimate of drug-likeness (QED) is 0.869. The summed E-state index contributed by atoms with van der Waals surface area (Å²) in [5.41, 5.74) is 6.89. The number of amides is 1. The van der Waals surface area contributed by atoms with Gasteiger partial charge >= 0.3 is 0 Å². The minimum atomic E-state index is -0.0367. The molecule has 0 spiro atoms. The minimum absolute atomic E-state index is 0.0367. The zero-order chi connectivity index (χ0) is 13.0. The molecule has 1 aromatic carbocycles. The van der Waals surface area contributed by atoms with Crippen molar-refractivity contribution in [3.8, 4) is 0 Å². The number of benzene rings is 1. The molecule has 0 aliphatic carbocycles. The van der Waals surface area contributed by atoms with Crippen LogP contribution in [0.25, 0.3) is 0 Å². The molecular weight excluding hydrogens is 300 g/mol. The fourth-order valence-electron chi connectivity index (χ4n) is 1.46. The van der Waals surface area contributed by atoms with Crippen molar-refractivity contribution >= 4 is 39.3 Å². The number of carbonyl (C=O) groups is 1. The fourth-order valence-corrected chi connectivity index (χ4v) is 2.52. The van der Waals surface area contributed by atoms with Crippen molar-refractivity contribution in [2.24, 2.45) is 0 Å². The van der Waals surface area contributed by atoms with Crippen LogP contribution in [-0.4, -0.2) is 35.9 Å². The summed E-state index contributed by atoms with van der Waals surface area (Å²) in [7, 11) is 1.81. The van der Waals surface area contributed by atoms with E-state index in [1.165, 1.54) is 0 Å². The van der Waals surface area contributed by atoms with Gasteiger partial charge in [0.1, 0.15) is 0 Å². The van der Waals surface area contributed by atoms with E-state index in [9.17, 15) is 4.79 Å². The van der Waals surface area contributed by atoms with Crippen molar-refractivity contribution in [2.75, 3.05) is 24.8 Å². The molecule has 3 nitrogen and oxygen atoms in total. The first-order valence-electron chi connectivity index (χ1n) is 5.28. The van der Waals surface area contributed by atoms with Gasteiger partial charge in [0, 0.05) is 29.0 Å². The van der Waals surface area contributed by atoms with Crippen molar-refractivity contribution < 1.29 is 4.79 Å². The number of halogens is 1. The minimum Gasteiger partial charge on any atom is -0.398 e. The Morgan fingerprint density at radius 2 is 2.24 bits per heavy atom. The van der Waals surface area contributed by atoms with E-state index in [2.05, 4.69) is 15.9 Å². The summed E-state index contributed by atoms with van der Waals surface area (Å²) < 4.78 is 0.862. The number of rotatable bonds is 4. The van der Waals surface area contributed by atoms with Gasteiger partial charge in [0.15, 0.2) is 0 Å². The van der Waals surface area contributed by atoms with E-state index in [-0.39, 0.29) is 11.9 Å². The molecule has 1 amide bonds. The summed E-state index contributed by atoms with van der Waals surface area (Å²) in [6.45, 7) is 2.03. The molecule has 1 rings (SSSR count). The maximum Gasteiger partial charge on any atom is 0.255 e. The average molecular weight is 317 g/mol. The number of nitrogens with zero attached hydrogens (tertiary/aromatic N) is 1. The molecule has 0 aliphatic heterocycles. The second kappa shape index (κ2) is 6.31. The van der Waals surface area contributed by atoms with Gasteiger partial charge in [-0.1, -0.05) is 15.9 Å². The molecule has 0 saturated carbocycles. The number of nitrogens with two attached hydrogens (primary N) is 1. The number of hydrogen-bond acceptors (Lipinski definition) is 3. The molecule has 0 heterocycles. The molecule has 0 bridgehead atoms. The summed E-state index contributed by atoms with van der Waals surface area (Å²) in [4.78, 5) is 14.0. The Kier molecular flexibility index (Phi) is 5.33. The third-order valence-corrected chi connectivity index (χ3v) is 3.94. The predicted octanol–water partition coefficient (Wildman–Crippen LogP) is 2.85. The lowest BCUT2D eigenvalue weighted by Gasteiger charge is -2.25. The predicted molar refractivity (Wildman–Crippen MR) is 78.5 cm³/mol. The van der Waals surface area contributed by atoms with Gasteiger partial charge in [-0.05, 0) is 31.4 Å². The lowest BCUT2D eigenvalue weighted by molar-refractivity contribution is 0.0758. The normalized spacial score (nSPS) is 12.2. The van der Waals surface area contributed by atoms with Crippen LogP contribution in [0.3, 0.4) is 0 Å². The largest absolute Gasteiger partial charge is 0.398 e. The number of nitrogen functional groups attached to an aromatic ring is 1. The van der Waals surface area contributed by atoms with Crippen LogP contribution >= 0.6 is 27.7 Å². The Labute approximate surface area is 115 Å². The van der Waals surface area contributed by atoms with Crippen LogP contribution in [0.15, 0.2) is 22.7 Å². The zero-order valence-electron chi connectivity index (χ0n) is 10.2. The van der Waals surface area contributed by atoms with Gasteiger partial charge in [0.05, 0.1) is 5.56 Å². The van der Waals surface area contributed by atoms with Gasteiger partial charge in [-0.25, -0.2) is 0 Å². The van der Waals surface area contributed by atoms with Crippen molar-refractivity contribution in [2.45, 2.75) is 13.0 Å². The fraction of sp³-hybridized carbons (Fsp3) is 0.417. The Morgan fingerprint density at radius 3 is 2.82 bits per heavy atom.